The molecule has 1 aromatic rings. The van der Waals surface area contributed by atoms with E-state index in [1.165, 1.54) is 12.1 Å². The third-order valence-electron chi connectivity index (χ3n) is 2.84. The van der Waals surface area contributed by atoms with Crippen LogP contribution in [0.2, 0.25) is 0 Å². The maximum atomic E-state index is 13.2. The number of carbonyl (C=O) groups excluding carboxylic acids is 1. The summed E-state index contributed by atoms with van der Waals surface area (Å²) in [6.45, 7) is 1.73. The summed E-state index contributed by atoms with van der Waals surface area (Å²) in [5.74, 6) is -0.935. The monoisotopic (exact) mass is 275 g/mol. The minimum absolute atomic E-state index is 0.0706. The van der Waals surface area contributed by atoms with Crippen LogP contribution >= 0.6 is 0 Å². The van der Waals surface area contributed by atoms with Gasteiger partial charge in [0.25, 0.3) is 5.72 Å². The number of halogens is 3. The average molecular weight is 275 g/mol. The number of esters is 1. The van der Waals surface area contributed by atoms with Gasteiger partial charge in [0.2, 0.25) is 0 Å². The first kappa shape index (κ1) is 13.5. The lowest BCUT2D eigenvalue weighted by Crippen LogP contribution is -2.55. The molecule has 1 heterocycles. The van der Waals surface area contributed by atoms with Crippen LogP contribution < -0.4 is 10.1 Å². The van der Waals surface area contributed by atoms with E-state index >= 15 is 0 Å². The zero-order valence-corrected chi connectivity index (χ0v) is 10.3. The fourth-order valence-corrected chi connectivity index (χ4v) is 1.83. The van der Waals surface area contributed by atoms with Gasteiger partial charge in [0.15, 0.2) is 0 Å². The van der Waals surface area contributed by atoms with Crippen LogP contribution in [0.25, 0.3) is 0 Å². The highest BCUT2D eigenvalue weighted by Gasteiger charge is 2.62. The van der Waals surface area contributed by atoms with Crippen molar-refractivity contribution in [3.8, 4) is 5.75 Å². The standard InChI is InChI=1S/C12H12F3NO3/c1-7-3-4-8-9(5-7)19-11(16-8,12(13,14)15)6-10(17)18-2/h3-5,16H,6H2,1-2H3. The van der Waals surface area contributed by atoms with Crippen molar-refractivity contribution in [2.75, 3.05) is 12.4 Å². The SMILES string of the molecule is COC(=O)CC1(C(F)(F)F)Nc2ccc(C)cc2O1. The molecule has 1 aliphatic heterocycles. The maximum absolute atomic E-state index is 13.2. The van der Waals surface area contributed by atoms with Gasteiger partial charge in [-0.1, -0.05) is 6.07 Å². The Morgan fingerprint density at radius 3 is 2.74 bits per heavy atom. The lowest BCUT2D eigenvalue weighted by atomic mass is 10.1. The zero-order chi connectivity index (χ0) is 14.3. The van der Waals surface area contributed by atoms with Crippen molar-refractivity contribution in [1.29, 1.82) is 0 Å². The Morgan fingerprint density at radius 2 is 2.16 bits per heavy atom. The second kappa shape index (κ2) is 4.32. The highest BCUT2D eigenvalue weighted by atomic mass is 19.4. The average Bonchev–Trinajstić information content (AvgIpc) is 2.66. The molecule has 1 unspecified atom stereocenters. The molecular weight excluding hydrogens is 263 g/mol. The Balaban J connectivity index is 2.37. The molecule has 0 amide bonds. The van der Waals surface area contributed by atoms with Gasteiger partial charge in [-0.2, -0.15) is 13.2 Å². The minimum atomic E-state index is -4.76. The van der Waals surface area contributed by atoms with Gasteiger partial charge in [0.05, 0.1) is 12.8 Å². The summed E-state index contributed by atoms with van der Waals surface area (Å²) in [7, 11) is 1.03. The molecule has 0 aromatic heterocycles. The molecule has 0 aliphatic carbocycles. The van der Waals surface area contributed by atoms with Gasteiger partial charge in [-0.05, 0) is 24.6 Å². The molecule has 7 heteroatoms. The van der Waals surface area contributed by atoms with Crippen molar-refractivity contribution >= 4 is 11.7 Å². The van der Waals surface area contributed by atoms with Gasteiger partial charge in [-0.15, -0.1) is 0 Å². The van der Waals surface area contributed by atoms with E-state index < -0.39 is 24.3 Å². The first-order chi connectivity index (χ1) is 8.77. The zero-order valence-electron chi connectivity index (χ0n) is 10.3. The molecule has 19 heavy (non-hydrogen) atoms. The van der Waals surface area contributed by atoms with E-state index in [-0.39, 0.29) is 11.4 Å². The van der Waals surface area contributed by atoms with Crippen LogP contribution in [0.5, 0.6) is 5.75 Å². The van der Waals surface area contributed by atoms with Gasteiger partial charge in [-0.25, -0.2) is 0 Å². The van der Waals surface area contributed by atoms with Crippen LogP contribution in [0.1, 0.15) is 12.0 Å². The van der Waals surface area contributed by atoms with Crippen molar-refractivity contribution in [2.24, 2.45) is 0 Å². The number of benzene rings is 1. The molecular formula is C12H12F3NO3. The molecule has 0 saturated carbocycles. The largest absolute Gasteiger partial charge is 0.469 e. The van der Waals surface area contributed by atoms with E-state index in [1.54, 1.807) is 13.0 Å². The van der Waals surface area contributed by atoms with Crippen LogP contribution in [0.15, 0.2) is 18.2 Å². The minimum Gasteiger partial charge on any atom is -0.469 e. The highest BCUT2D eigenvalue weighted by molar-refractivity contribution is 5.73. The third-order valence-corrected chi connectivity index (χ3v) is 2.84. The molecule has 0 bridgehead atoms. The molecule has 104 valence electrons. The predicted octanol–water partition coefficient (Wildman–Crippen LogP) is 2.62. The van der Waals surface area contributed by atoms with Gasteiger partial charge in [0.1, 0.15) is 12.2 Å². The Labute approximate surface area is 107 Å². The number of ether oxygens (including phenoxy) is 2. The summed E-state index contributed by atoms with van der Waals surface area (Å²) in [4.78, 5) is 11.2. The van der Waals surface area contributed by atoms with Gasteiger partial charge < -0.3 is 14.8 Å². The fraction of sp³-hybridized carbons (Fsp3) is 0.417. The molecule has 0 spiro atoms. The van der Waals surface area contributed by atoms with Crippen LogP contribution in [0.4, 0.5) is 18.9 Å². The number of carbonyl (C=O) groups is 1. The van der Waals surface area contributed by atoms with E-state index in [2.05, 4.69) is 10.1 Å². The smallest absolute Gasteiger partial charge is 0.449 e. The normalized spacial score (nSPS) is 21.3. The Bertz CT molecular complexity index is 515. The summed E-state index contributed by atoms with van der Waals surface area (Å²) in [5.41, 5.74) is -1.81. The number of methoxy groups -OCH3 is 1. The molecule has 2 rings (SSSR count). The third kappa shape index (κ3) is 2.32. The molecule has 0 saturated heterocycles. The van der Waals surface area contributed by atoms with Crippen molar-refractivity contribution in [2.45, 2.75) is 25.2 Å². The number of rotatable bonds is 2. The Kier molecular flexibility index (Phi) is 3.07. The molecule has 1 N–H and O–H groups in total. The van der Waals surface area contributed by atoms with Crippen LogP contribution in [-0.4, -0.2) is 25.0 Å². The maximum Gasteiger partial charge on any atom is 0.449 e. The lowest BCUT2D eigenvalue weighted by Gasteiger charge is -2.30. The molecule has 1 aromatic carbocycles. The number of nitrogens with one attached hydrogen (secondary N) is 1. The van der Waals surface area contributed by atoms with E-state index in [0.29, 0.717) is 0 Å². The molecule has 4 nitrogen and oxygen atoms in total. The number of hydrogen-bond donors (Lipinski definition) is 1. The van der Waals surface area contributed by atoms with Crippen molar-refractivity contribution in [1.82, 2.24) is 0 Å². The number of aryl methyl sites for hydroxylation is 1. The first-order valence-corrected chi connectivity index (χ1v) is 5.49. The Morgan fingerprint density at radius 1 is 1.47 bits per heavy atom. The second-order valence-corrected chi connectivity index (χ2v) is 4.30. The van der Waals surface area contributed by atoms with Crippen molar-refractivity contribution in [3.05, 3.63) is 23.8 Å². The van der Waals surface area contributed by atoms with E-state index in [4.69, 9.17) is 4.74 Å². The van der Waals surface area contributed by atoms with E-state index in [0.717, 1.165) is 12.7 Å². The van der Waals surface area contributed by atoms with Gasteiger partial charge in [-0.3, -0.25) is 4.79 Å². The highest BCUT2D eigenvalue weighted by Crippen LogP contribution is 2.46. The lowest BCUT2D eigenvalue weighted by molar-refractivity contribution is -0.236. The Hall–Kier alpha value is -1.92. The van der Waals surface area contributed by atoms with E-state index in [9.17, 15) is 18.0 Å². The topological polar surface area (TPSA) is 47.6 Å². The molecule has 1 aliphatic rings. The molecule has 0 radical (unpaired) electrons. The van der Waals surface area contributed by atoms with Gasteiger partial charge in [0, 0.05) is 0 Å². The van der Waals surface area contributed by atoms with Crippen molar-refractivity contribution in [3.63, 3.8) is 0 Å². The van der Waals surface area contributed by atoms with Gasteiger partial charge >= 0.3 is 12.1 Å². The fourth-order valence-electron chi connectivity index (χ4n) is 1.83. The first-order valence-electron chi connectivity index (χ1n) is 5.49. The second-order valence-electron chi connectivity index (χ2n) is 4.30. The molecule has 1 atom stereocenters. The number of fused-ring (bicyclic) bond motifs is 1. The van der Waals surface area contributed by atoms with E-state index in [1.807, 2.05) is 0 Å². The summed E-state index contributed by atoms with van der Waals surface area (Å²) < 4.78 is 48.8. The predicted molar refractivity (Wildman–Crippen MR) is 60.8 cm³/mol. The number of alkyl halides is 3. The summed E-state index contributed by atoms with van der Waals surface area (Å²) in [5, 5.41) is 2.23. The number of hydrogen-bond acceptors (Lipinski definition) is 4. The van der Waals surface area contributed by atoms with Crippen LogP contribution in [0.3, 0.4) is 0 Å². The quantitative estimate of drug-likeness (QED) is 0.843. The van der Waals surface area contributed by atoms with Crippen molar-refractivity contribution < 1.29 is 27.4 Å². The van der Waals surface area contributed by atoms with Crippen LogP contribution in [-0.2, 0) is 9.53 Å². The summed E-state index contributed by atoms with van der Waals surface area (Å²) in [6.07, 6.45) is -5.71. The number of anilines is 1. The molecule has 0 fully saturated rings. The summed E-state index contributed by atoms with van der Waals surface area (Å²) in [6, 6.07) is 4.61. The summed E-state index contributed by atoms with van der Waals surface area (Å²) >= 11 is 0. The van der Waals surface area contributed by atoms with Crippen LogP contribution in [0, 0.1) is 6.92 Å².